The fourth-order valence-electron chi connectivity index (χ4n) is 3.52. The maximum absolute atomic E-state index is 12.8. The first-order chi connectivity index (χ1) is 12.9. The molecular weight excluding hydrogens is 406 g/mol. The van der Waals surface area contributed by atoms with Gasteiger partial charge < -0.3 is 9.42 Å². The molecule has 0 saturated carbocycles. The van der Waals surface area contributed by atoms with Crippen molar-refractivity contribution in [1.29, 1.82) is 0 Å². The molecule has 0 radical (unpaired) electrons. The summed E-state index contributed by atoms with van der Waals surface area (Å²) < 4.78 is 32.1. The molecule has 2 aliphatic heterocycles. The number of carbonyl (C=O) groups is 1. The van der Waals surface area contributed by atoms with Crippen molar-refractivity contribution in [2.45, 2.75) is 56.1 Å². The van der Waals surface area contributed by atoms with Crippen molar-refractivity contribution in [3.05, 3.63) is 11.5 Å². The van der Waals surface area contributed by atoms with Gasteiger partial charge in [-0.05, 0) is 33.1 Å². The molecule has 2 fully saturated rings. The lowest BCUT2D eigenvalue weighted by atomic mass is 10.1. The van der Waals surface area contributed by atoms with Gasteiger partial charge in [0.05, 0.1) is 0 Å². The molecule has 0 N–H and O–H groups in total. The topological polar surface area (TPSA) is 83.7 Å². The second-order valence-corrected chi connectivity index (χ2v) is 11.7. The van der Waals surface area contributed by atoms with E-state index >= 15 is 0 Å². The van der Waals surface area contributed by atoms with Crippen molar-refractivity contribution < 1.29 is 17.7 Å². The maximum atomic E-state index is 12.8. The van der Waals surface area contributed by atoms with Gasteiger partial charge in [-0.3, -0.25) is 4.79 Å². The van der Waals surface area contributed by atoms with Gasteiger partial charge in [0.2, 0.25) is 15.9 Å². The van der Waals surface area contributed by atoms with Crippen LogP contribution in [0.3, 0.4) is 0 Å². The van der Waals surface area contributed by atoms with Crippen LogP contribution in [0.5, 0.6) is 0 Å². The second kappa shape index (κ2) is 9.19. The summed E-state index contributed by atoms with van der Waals surface area (Å²) in [7, 11) is 0.305. The number of sulfonamides is 1. The molecular formula is C17H27N3O4S3. The molecule has 7 nitrogen and oxygen atoms in total. The highest BCUT2D eigenvalue weighted by molar-refractivity contribution is 8.77. The van der Waals surface area contributed by atoms with E-state index in [1.54, 1.807) is 18.7 Å². The van der Waals surface area contributed by atoms with E-state index in [4.69, 9.17) is 4.52 Å². The Kier molecular flexibility index (Phi) is 7.15. The quantitative estimate of drug-likeness (QED) is 0.483. The van der Waals surface area contributed by atoms with Crippen molar-refractivity contribution in [3.8, 4) is 0 Å². The van der Waals surface area contributed by atoms with Gasteiger partial charge in [-0.25, -0.2) is 8.42 Å². The molecule has 2 saturated heterocycles. The second-order valence-electron chi connectivity index (χ2n) is 7.01. The summed E-state index contributed by atoms with van der Waals surface area (Å²) in [6, 6.07) is 0. The fraction of sp³-hybridized carbons (Fsp3) is 0.765. The summed E-state index contributed by atoms with van der Waals surface area (Å²) in [6.45, 7) is 4.75. The molecule has 10 heteroatoms. The molecule has 27 heavy (non-hydrogen) atoms. The molecule has 0 bridgehead atoms. The van der Waals surface area contributed by atoms with Gasteiger partial charge in [0.1, 0.15) is 10.6 Å². The first kappa shape index (κ1) is 21.0. The summed E-state index contributed by atoms with van der Waals surface area (Å²) >= 11 is 0. The molecule has 3 heterocycles. The van der Waals surface area contributed by atoms with Crippen molar-refractivity contribution in [1.82, 2.24) is 14.4 Å². The third-order valence-corrected chi connectivity index (χ3v) is 10.2. The normalized spacial score (nSPS) is 21.7. The number of carbonyl (C=O) groups excluding carboxylic acids is 1. The number of amides is 1. The van der Waals surface area contributed by atoms with Crippen molar-refractivity contribution >= 4 is 37.5 Å². The van der Waals surface area contributed by atoms with Crippen LogP contribution in [0.4, 0.5) is 0 Å². The minimum atomic E-state index is -3.62. The number of hydrogen-bond acceptors (Lipinski definition) is 7. The largest absolute Gasteiger partial charge is 0.360 e. The fourth-order valence-corrected chi connectivity index (χ4v) is 8.26. The summed E-state index contributed by atoms with van der Waals surface area (Å²) in [6.07, 6.45) is 5.03. The molecule has 152 valence electrons. The van der Waals surface area contributed by atoms with E-state index in [1.807, 2.05) is 21.6 Å². The number of piperazine rings is 1. The van der Waals surface area contributed by atoms with Crippen molar-refractivity contribution in [2.24, 2.45) is 0 Å². The zero-order valence-corrected chi connectivity index (χ0v) is 18.3. The first-order valence-corrected chi connectivity index (χ1v) is 13.2. The van der Waals surface area contributed by atoms with Crippen LogP contribution in [0.15, 0.2) is 9.42 Å². The van der Waals surface area contributed by atoms with Crippen LogP contribution in [0, 0.1) is 13.8 Å². The molecule has 2 aliphatic rings. The Morgan fingerprint density at radius 2 is 1.96 bits per heavy atom. The standard InChI is InChI=1S/C17H27N3O4S3/c1-13-17(14(2)24-18-13)27(22,23)20-10-8-19(9-11-20)16(21)6-4-3-5-15-7-12-25-26-15/h15H,3-12H2,1-2H3. The molecule has 1 aromatic heterocycles. The Bertz CT molecular complexity index is 732. The van der Waals surface area contributed by atoms with E-state index < -0.39 is 10.0 Å². The highest BCUT2D eigenvalue weighted by Gasteiger charge is 2.34. The predicted molar refractivity (Wildman–Crippen MR) is 108 cm³/mol. The van der Waals surface area contributed by atoms with Crippen LogP contribution >= 0.6 is 21.6 Å². The monoisotopic (exact) mass is 433 g/mol. The Labute approximate surface area is 169 Å². The summed E-state index contributed by atoms with van der Waals surface area (Å²) in [4.78, 5) is 14.4. The van der Waals surface area contributed by atoms with Crippen LogP contribution < -0.4 is 0 Å². The van der Waals surface area contributed by atoms with Gasteiger partial charge in [0.15, 0.2) is 5.76 Å². The van der Waals surface area contributed by atoms with Gasteiger partial charge >= 0.3 is 0 Å². The van der Waals surface area contributed by atoms with E-state index in [-0.39, 0.29) is 10.8 Å². The van der Waals surface area contributed by atoms with Gasteiger partial charge in [0.25, 0.3) is 0 Å². The lowest BCUT2D eigenvalue weighted by Gasteiger charge is -2.34. The molecule has 1 atom stereocenters. The lowest BCUT2D eigenvalue weighted by molar-refractivity contribution is -0.132. The molecule has 0 aliphatic carbocycles. The van der Waals surface area contributed by atoms with Crippen LogP contribution in [-0.4, -0.2) is 65.9 Å². The van der Waals surface area contributed by atoms with Crippen molar-refractivity contribution in [3.63, 3.8) is 0 Å². The van der Waals surface area contributed by atoms with E-state index in [2.05, 4.69) is 5.16 Å². The van der Waals surface area contributed by atoms with E-state index in [1.165, 1.54) is 22.9 Å². The third-order valence-electron chi connectivity index (χ3n) is 5.05. The highest BCUT2D eigenvalue weighted by atomic mass is 33.1. The Balaban J connectivity index is 1.44. The average Bonchev–Trinajstić information content (AvgIpc) is 3.28. The van der Waals surface area contributed by atoms with Crippen molar-refractivity contribution in [2.75, 3.05) is 31.9 Å². The summed E-state index contributed by atoms with van der Waals surface area (Å²) in [5.74, 6) is 1.69. The number of hydrogen-bond donors (Lipinski definition) is 0. The Morgan fingerprint density at radius 3 is 2.56 bits per heavy atom. The van der Waals surface area contributed by atoms with Crippen LogP contribution in [0.2, 0.25) is 0 Å². The zero-order valence-electron chi connectivity index (χ0n) is 15.8. The molecule has 1 unspecified atom stereocenters. The van der Waals surface area contributed by atoms with Gasteiger partial charge in [-0.15, -0.1) is 0 Å². The number of nitrogens with zero attached hydrogens (tertiary/aromatic N) is 3. The van der Waals surface area contributed by atoms with Gasteiger partial charge in [-0.2, -0.15) is 4.31 Å². The summed E-state index contributed by atoms with van der Waals surface area (Å²) in [5, 5.41) is 4.50. The van der Waals surface area contributed by atoms with E-state index in [9.17, 15) is 13.2 Å². The smallest absolute Gasteiger partial charge is 0.248 e. The molecule has 1 aromatic rings. The number of rotatable bonds is 7. The van der Waals surface area contributed by atoms with Gasteiger partial charge in [-0.1, -0.05) is 33.2 Å². The minimum Gasteiger partial charge on any atom is -0.360 e. The van der Waals surface area contributed by atoms with Crippen LogP contribution in [-0.2, 0) is 14.8 Å². The number of aryl methyl sites for hydroxylation is 2. The number of aromatic nitrogens is 1. The third kappa shape index (κ3) is 5.02. The summed E-state index contributed by atoms with van der Waals surface area (Å²) in [5.41, 5.74) is 0.379. The van der Waals surface area contributed by atoms with E-state index in [0.29, 0.717) is 44.1 Å². The van der Waals surface area contributed by atoms with Crippen LogP contribution in [0.1, 0.15) is 43.6 Å². The Morgan fingerprint density at radius 1 is 1.22 bits per heavy atom. The molecule has 3 rings (SSSR count). The molecule has 1 amide bonds. The zero-order chi connectivity index (χ0) is 19.4. The average molecular weight is 434 g/mol. The SMILES string of the molecule is Cc1noc(C)c1S(=O)(=O)N1CCN(C(=O)CCCCC2CCSS2)CC1. The Hall–Kier alpha value is -0.710. The highest BCUT2D eigenvalue weighted by Crippen LogP contribution is 2.39. The lowest BCUT2D eigenvalue weighted by Crippen LogP contribution is -2.50. The molecule has 0 spiro atoms. The first-order valence-electron chi connectivity index (χ1n) is 9.38. The van der Waals surface area contributed by atoms with E-state index in [0.717, 1.165) is 18.1 Å². The van der Waals surface area contributed by atoms with Gasteiger partial charge in [0, 0.05) is 43.6 Å². The maximum Gasteiger partial charge on any atom is 0.248 e. The number of unbranched alkanes of at least 4 members (excludes halogenated alkanes) is 1. The predicted octanol–water partition coefficient (Wildman–Crippen LogP) is 2.84. The van der Waals surface area contributed by atoms with Crippen LogP contribution in [0.25, 0.3) is 0 Å². The minimum absolute atomic E-state index is 0.137. The molecule has 0 aromatic carbocycles.